The third-order valence-electron chi connectivity index (χ3n) is 7.47. The van der Waals surface area contributed by atoms with E-state index < -0.39 is 0 Å². The quantitative estimate of drug-likeness (QED) is 0.488. The number of hydrogen-bond donors (Lipinski definition) is 1. The number of fused-ring (bicyclic) bond motifs is 1. The lowest BCUT2D eigenvalue weighted by Gasteiger charge is -2.42. The molecule has 2 saturated heterocycles. The minimum Gasteiger partial charge on any atom is -0.396 e. The lowest BCUT2D eigenvalue weighted by Crippen LogP contribution is -2.48. The van der Waals surface area contributed by atoms with Gasteiger partial charge < -0.3 is 9.67 Å². The highest BCUT2D eigenvalue weighted by Crippen LogP contribution is 2.29. The molecule has 1 unspecified atom stereocenters. The lowest BCUT2D eigenvalue weighted by molar-refractivity contribution is 0.0527. The zero-order valence-corrected chi connectivity index (χ0v) is 20.6. The molecule has 1 N–H and O–H groups in total. The van der Waals surface area contributed by atoms with Crippen LogP contribution in [0.3, 0.4) is 0 Å². The first-order chi connectivity index (χ1) is 16.1. The smallest absolute Gasteiger partial charge is 0.0487 e. The zero-order chi connectivity index (χ0) is 22.8. The van der Waals surface area contributed by atoms with Gasteiger partial charge in [-0.05, 0) is 92.7 Å². The van der Waals surface area contributed by atoms with Crippen molar-refractivity contribution >= 4 is 34.1 Å². The van der Waals surface area contributed by atoms with E-state index in [1.807, 2.05) is 18.2 Å². The van der Waals surface area contributed by atoms with Crippen LogP contribution >= 0.6 is 23.2 Å². The topological polar surface area (TPSA) is 31.6 Å². The summed E-state index contributed by atoms with van der Waals surface area (Å²) in [4.78, 5) is 5.23. The van der Waals surface area contributed by atoms with E-state index in [0.717, 1.165) is 42.8 Å². The molecule has 2 aromatic carbocycles. The van der Waals surface area contributed by atoms with Crippen LogP contribution in [-0.2, 0) is 13.1 Å². The van der Waals surface area contributed by atoms with Crippen LogP contribution in [0.2, 0.25) is 10.0 Å². The fourth-order valence-corrected chi connectivity index (χ4v) is 5.95. The summed E-state index contributed by atoms with van der Waals surface area (Å²) in [7, 11) is 0. The second-order valence-electron chi connectivity index (χ2n) is 9.76. The summed E-state index contributed by atoms with van der Waals surface area (Å²) in [5.74, 6) is 0.466. The maximum absolute atomic E-state index is 9.57. The molecule has 2 aliphatic heterocycles. The molecule has 2 fully saturated rings. The Morgan fingerprint density at radius 2 is 1.64 bits per heavy atom. The van der Waals surface area contributed by atoms with Crippen molar-refractivity contribution in [1.29, 1.82) is 0 Å². The van der Waals surface area contributed by atoms with Crippen LogP contribution in [0.1, 0.15) is 36.8 Å². The number of aliphatic hydroxyl groups excluding tert-OH is 1. The van der Waals surface area contributed by atoms with E-state index in [1.54, 1.807) is 0 Å². The van der Waals surface area contributed by atoms with E-state index in [-0.39, 0.29) is 0 Å². The summed E-state index contributed by atoms with van der Waals surface area (Å²) >= 11 is 12.5. The van der Waals surface area contributed by atoms with Crippen molar-refractivity contribution in [3.63, 3.8) is 0 Å². The Labute approximate surface area is 206 Å². The number of piperidine rings is 2. The highest BCUT2D eigenvalue weighted by molar-refractivity contribution is 6.31. The van der Waals surface area contributed by atoms with Gasteiger partial charge in [-0.2, -0.15) is 0 Å². The summed E-state index contributed by atoms with van der Waals surface area (Å²) in [5, 5.41) is 12.4. The van der Waals surface area contributed by atoms with Gasteiger partial charge in [0.25, 0.3) is 0 Å². The molecular weight excluding hydrogens is 453 g/mol. The molecule has 4 nitrogen and oxygen atoms in total. The zero-order valence-electron chi connectivity index (χ0n) is 19.1. The lowest BCUT2D eigenvalue weighted by atomic mass is 9.94. The molecule has 176 valence electrons. The van der Waals surface area contributed by atoms with E-state index in [9.17, 15) is 5.11 Å². The van der Waals surface area contributed by atoms with Gasteiger partial charge in [-0.15, -0.1) is 0 Å². The normalized spacial score (nSPS) is 21.1. The number of nitrogens with zero attached hydrogens (tertiary/aromatic N) is 3. The van der Waals surface area contributed by atoms with Crippen LogP contribution in [0.25, 0.3) is 10.9 Å². The van der Waals surface area contributed by atoms with Crippen LogP contribution in [0, 0.1) is 5.92 Å². The molecule has 3 aromatic rings. The van der Waals surface area contributed by atoms with Crippen molar-refractivity contribution in [2.75, 3.05) is 32.8 Å². The maximum atomic E-state index is 9.57. The number of halogens is 2. The Balaban J connectivity index is 1.28. The minimum absolute atomic E-state index is 0.331. The highest BCUT2D eigenvalue weighted by Gasteiger charge is 2.29. The van der Waals surface area contributed by atoms with Crippen molar-refractivity contribution < 1.29 is 5.11 Å². The second-order valence-corrected chi connectivity index (χ2v) is 10.6. The largest absolute Gasteiger partial charge is 0.396 e. The van der Waals surface area contributed by atoms with E-state index in [1.165, 1.54) is 54.3 Å². The summed E-state index contributed by atoms with van der Waals surface area (Å²) in [6.07, 6.45) is 7.12. The molecule has 2 aliphatic rings. The summed E-state index contributed by atoms with van der Waals surface area (Å²) in [6, 6.07) is 15.0. The van der Waals surface area contributed by atoms with Crippen molar-refractivity contribution in [3.05, 3.63) is 69.8 Å². The van der Waals surface area contributed by atoms with Gasteiger partial charge in [0.1, 0.15) is 0 Å². The van der Waals surface area contributed by atoms with Gasteiger partial charge in [-0.25, -0.2) is 0 Å². The number of benzene rings is 2. The average molecular weight is 486 g/mol. The minimum atomic E-state index is 0.331. The molecule has 0 saturated carbocycles. The van der Waals surface area contributed by atoms with Crippen LogP contribution in [0.15, 0.2) is 48.7 Å². The molecule has 5 rings (SSSR count). The third-order valence-corrected chi connectivity index (χ3v) is 7.95. The Morgan fingerprint density at radius 1 is 0.879 bits per heavy atom. The molecule has 0 radical (unpaired) electrons. The predicted octanol–water partition coefficient (Wildman–Crippen LogP) is 5.67. The molecule has 0 aliphatic carbocycles. The van der Waals surface area contributed by atoms with Gasteiger partial charge in [0.05, 0.1) is 0 Å². The number of likely N-dealkylation sites (tertiary alicyclic amines) is 2. The monoisotopic (exact) mass is 485 g/mol. The Morgan fingerprint density at radius 3 is 2.39 bits per heavy atom. The summed E-state index contributed by atoms with van der Waals surface area (Å²) in [6.45, 7) is 6.60. The standard InChI is InChI=1S/C27H33Cl2N3O/c28-23-5-3-20(4-6-23)15-32-18-22(26-14-24(29)7-8-27(26)32)17-30-12-9-25(10-13-30)31-11-1-2-21(16-31)19-33/h3-8,14,18,21,25,33H,1-2,9-13,15-17,19H2. The molecule has 0 amide bonds. The maximum Gasteiger partial charge on any atom is 0.0487 e. The van der Waals surface area contributed by atoms with Crippen LogP contribution in [0.5, 0.6) is 0 Å². The summed E-state index contributed by atoms with van der Waals surface area (Å²) in [5.41, 5.74) is 3.81. The number of rotatable bonds is 6. The van der Waals surface area contributed by atoms with Gasteiger partial charge in [-0.3, -0.25) is 9.80 Å². The number of hydrogen-bond acceptors (Lipinski definition) is 3. The Hall–Kier alpha value is -1.56. The van der Waals surface area contributed by atoms with Crippen LogP contribution in [-0.4, -0.2) is 58.3 Å². The van der Waals surface area contributed by atoms with Gasteiger partial charge in [0, 0.05) is 59.4 Å². The van der Waals surface area contributed by atoms with E-state index in [0.29, 0.717) is 18.6 Å². The van der Waals surface area contributed by atoms with Crippen molar-refractivity contribution in [3.8, 4) is 0 Å². The summed E-state index contributed by atoms with van der Waals surface area (Å²) < 4.78 is 2.33. The molecular formula is C27H33Cl2N3O. The average Bonchev–Trinajstić information content (AvgIpc) is 3.17. The Bertz CT molecular complexity index is 1070. The van der Waals surface area contributed by atoms with Crippen LogP contribution in [0.4, 0.5) is 0 Å². The first-order valence-electron chi connectivity index (χ1n) is 12.2. The van der Waals surface area contributed by atoms with Gasteiger partial charge in [0.15, 0.2) is 0 Å². The van der Waals surface area contributed by atoms with Gasteiger partial charge in [-0.1, -0.05) is 35.3 Å². The SMILES string of the molecule is OCC1CCCN(C2CCN(Cc3cn(Cc4ccc(Cl)cc4)c4ccc(Cl)cc34)CC2)C1. The van der Waals surface area contributed by atoms with Crippen molar-refractivity contribution in [1.82, 2.24) is 14.4 Å². The first-order valence-corrected chi connectivity index (χ1v) is 12.9. The first kappa shape index (κ1) is 23.2. The predicted molar refractivity (Wildman–Crippen MR) is 137 cm³/mol. The van der Waals surface area contributed by atoms with Crippen LogP contribution < -0.4 is 0 Å². The second kappa shape index (κ2) is 10.4. The molecule has 6 heteroatoms. The molecule has 0 bridgehead atoms. The molecule has 1 atom stereocenters. The number of aromatic nitrogens is 1. The van der Waals surface area contributed by atoms with Crippen molar-refractivity contribution in [2.24, 2.45) is 5.92 Å². The third kappa shape index (κ3) is 5.41. The van der Waals surface area contributed by atoms with Gasteiger partial charge in [0.2, 0.25) is 0 Å². The van der Waals surface area contributed by atoms with Gasteiger partial charge >= 0.3 is 0 Å². The molecule has 0 spiro atoms. The fourth-order valence-electron chi connectivity index (χ4n) is 5.65. The molecule has 1 aromatic heterocycles. The number of aliphatic hydroxyl groups is 1. The molecule has 33 heavy (non-hydrogen) atoms. The fraction of sp³-hybridized carbons (Fsp3) is 0.481. The highest BCUT2D eigenvalue weighted by atomic mass is 35.5. The van der Waals surface area contributed by atoms with E-state index >= 15 is 0 Å². The van der Waals surface area contributed by atoms with Crippen molar-refractivity contribution in [2.45, 2.75) is 44.8 Å². The van der Waals surface area contributed by atoms with E-state index in [4.69, 9.17) is 23.2 Å². The Kier molecular flexibility index (Phi) is 7.29. The van der Waals surface area contributed by atoms with E-state index in [2.05, 4.69) is 44.8 Å². The molecule has 3 heterocycles.